The Kier molecular flexibility index (Phi) is 5.74. The number of nitrogens with zero attached hydrogens (tertiary/aromatic N) is 3. The summed E-state index contributed by atoms with van der Waals surface area (Å²) in [7, 11) is 0. The number of hydrogen-bond acceptors (Lipinski definition) is 6. The third-order valence-electron chi connectivity index (χ3n) is 6.45. The third kappa shape index (κ3) is 4.18. The predicted molar refractivity (Wildman–Crippen MR) is 138 cm³/mol. The van der Waals surface area contributed by atoms with Gasteiger partial charge in [0, 0.05) is 35.3 Å². The Hall–Kier alpha value is -2.91. The molecule has 1 aliphatic carbocycles. The normalized spacial score (nSPS) is 14.8. The molecule has 4 heterocycles. The van der Waals surface area contributed by atoms with Gasteiger partial charge in [-0.2, -0.15) is 0 Å². The van der Waals surface area contributed by atoms with Gasteiger partial charge in [0.25, 0.3) is 5.56 Å². The van der Waals surface area contributed by atoms with Gasteiger partial charge in [-0.3, -0.25) is 9.59 Å². The highest BCUT2D eigenvalue weighted by atomic mass is 32.2. The summed E-state index contributed by atoms with van der Waals surface area (Å²) in [6.07, 6.45) is 8.66. The number of thioether (sulfide) groups is 1. The number of aryl methyl sites for hydroxylation is 4. The summed E-state index contributed by atoms with van der Waals surface area (Å²) in [5, 5.41) is 3.75. The number of H-pyrrole nitrogens is 1. The first-order chi connectivity index (χ1) is 16.6. The minimum atomic E-state index is -0.0789. The number of hydrogen-bond donors (Lipinski definition) is 2. The molecule has 0 spiro atoms. The van der Waals surface area contributed by atoms with Gasteiger partial charge in [0.1, 0.15) is 16.5 Å². The molecule has 34 heavy (non-hydrogen) atoms. The minimum absolute atomic E-state index is 0.0535. The molecule has 2 aliphatic rings. The van der Waals surface area contributed by atoms with Gasteiger partial charge in [-0.15, -0.1) is 23.1 Å². The molecule has 0 saturated carbocycles. The van der Waals surface area contributed by atoms with Crippen LogP contribution in [-0.4, -0.2) is 31.2 Å². The average molecular weight is 492 g/mol. The molecule has 3 aromatic heterocycles. The lowest BCUT2D eigenvalue weighted by atomic mass is 10.1. The zero-order chi connectivity index (χ0) is 23.1. The van der Waals surface area contributed by atoms with E-state index in [4.69, 9.17) is 4.98 Å². The Morgan fingerprint density at radius 3 is 3.03 bits per heavy atom. The Morgan fingerprint density at radius 1 is 1.18 bits per heavy atom. The van der Waals surface area contributed by atoms with Gasteiger partial charge in [-0.25, -0.2) is 9.97 Å². The van der Waals surface area contributed by atoms with Crippen molar-refractivity contribution in [3.8, 4) is 11.3 Å². The molecule has 1 amide bonds. The number of carbonyl (C=O) groups is 1. The van der Waals surface area contributed by atoms with Gasteiger partial charge in [0.15, 0.2) is 0 Å². The first kappa shape index (κ1) is 21.6. The van der Waals surface area contributed by atoms with Gasteiger partial charge in [-0.1, -0.05) is 12.1 Å². The van der Waals surface area contributed by atoms with Crippen molar-refractivity contribution >= 4 is 44.9 Å². The van der Waals surface area contributed by atoms with Gasteiger partial charge in [0.2, 0.25) is 5.91 Å². The molecule has 0 saturated heterocycles. The molecule has 0 bridgehead atoms. The number of amides is 1. The molecule has 2 N–H and O–H groups in total. The van der Waals surface area contributed by atoms with Crippen molar-refractivity contribution in [3.05, 3.63) is 62.9 Å². The molecule has 1 aromatic carbocycles. The number of nitrogens with one attached hydrogen (secondary N) is 2. The fraction of sp³-hybridized carbons (Fsp3) is 0.360. The number of anilines is 1. The van der Waals surface area contributed by atoms with Gasteiger partial charge in [0.05, 0.1) is 22.6 Å². The topological polar surface area (TPSA) is 92.7 Å². The molecule has 0 unspecified atom stereocenters. The summed E-state index contributed by atoms with van der Waals surface area (Å²) in [5.41, 5.74) is 3.85. The highest BCUT2D eigenvalue weighted by Gasteiger charge is 2.21. The summed E-state index contributed by atoms with van der Waals surface area (Å²) in [5.74, 6) is 2.46. The van der Waals surface area contributed by atoms with Crippen LogP contribution in [0.25, 0.3) is 21.5 Å². The monoisotopic (exact) mass is 491 g/mol. The number of thiophene rings is 1. The molecular formula is C25H25N5O2S2. The Balaban J connectivity index is 1.08. The van der Waals surface area contributed by atoms with Crippen molar-refractivity contribution in [2.75, 3.05) is 11.1 Å². The van der Waals surface area contributed by atoms with Crippen LogP contribution in [0.15, 0.2) is 35.3 Å². The lowest BCUT2D eigenvalue weighted by Crippen LogP contribution is -2.15. The first-order valence-corrected chi connectivity index (χ1v) is 13.7. The molecule has 1 aliphatic heterocycles. The molecule has 9 heteroatoms. The predicted octanol–water partition coefficient (Wildman–Crippen LogP) is 4.55. The Labute approximate surface area is 205 Å². The van der Waals surface area contributed by atoms with E-state index in [1.165, 1.54) is 35.0 Å². The van der Waals surface area contributed by atoms with Crippen LogP contribution in [0.1, 0.15) is 41.4 Å². The maximum Gasteiger partial charge on any atom is 0.259 e. The van der Waals surface area contributed by atoms with E-state index in [2.05, 4.69) is 26.0 Å². The second-order valence-corrected chi connectivity index (χ2v) is 10.9. The zero-order valence-electron chi connectivity index (χ0n) is 18.7. The maximum atomic E-state index is 12.6. The van der Waals surface area contributed by atoms with E-state index >= 15 is 0 Å². The molecule has 0 atom stereocenters. The van der Waals surface area contributed by atoms with Crippen LogP contribution in [0, 0.1) is 0 Å². The maximum absolute atomic E-state index is 12.6. The molecule has 0 radical (unpaired) electrons. The fourth-order valence-corrected chi connectivity index (χ4v) is 6.83. The summed E-state index contributed by atoms with van der Waals surface area (Å²) < 4.78 is 2.24. The highest BCUT2D eigenvalue weighted by molar-refractivity contribution is 7.99. The van der Waals surface area contributed by atoms with Crippen molar-refractivity contribution in [1.29, 1.82) is 0 Å². The van der Waals surface area contributed by atoms with Gasteiger partial charge < -0.3 is 14.9 Å². The summed E-state index contributed by atoms with van der Waals surface area (Å²) in [6, 6.07) is 7.83. The van der Waals surface area contributed by atoms with Crippen molar-refractivity contribution in [3.63, 3.8) is 0 Å². The number of imidazole rings is 1. The largest absolute Gasteiger partial charge is 0.334 e. The van der Waals surface area contributed by atoms with Crippen molar-refractivity contribution in [2.45, 2.75) is 50.8 Å². The van der Waals surface area contributed by atoms with Crippen LogP contribution in [0.4, 0.5) is 5.69 Å². The van der Waals surface area contributed by atoms with Crippen LogP contribution < -0.4 is 10.9 Å². The number of benzene rings is 1. The fourth-order valence-electron chi connectivity index (χ4n) is 4.86. The second-order valence-electron chi connectivity index (χ2n) is 8.86. The number of rotatable bonds is 6. The Morgan fingerprint density at radius 2 is 2.12 bits per heavy atom. The lowest BCUT2D eigenvalue weighted by Gasteiger charge is -2.11. The lowest BCUT2D eigenvalue weighted by molar-refractivity contribution is -0.113. The van der Waals surface area contributed by atoms with E-state index in [9.17, 15) is 9.59 Å². The average Bonchev–Trinajstić information content (AvgIpc) is 3.53. The molecule has 174 valence electrons. The first-order valence-electron chi connectivity index (χ1n) is 11.7. The summed E-state index contributed by atoms with van der Waals surface area (Å²) in [6.45, 7) is 1.03. The zero-order valence-corrected chi connectivity index (χ0v) is 20.4. The SMILES string of the molecule is O=C(CSCc1nc2sc3c(c2c(=O)[nH]1)CCC3)Nc1cccc(-c2cn3c(n2)CCCC3)c1. The second kappa shape index (κ2) is 9.03. The van der Waals surface area contributed by atoms with Crippen LogP contribution >= 0.6 is 23.1 Å². The van der Waals surface area contributed by atoms with Crippen LogP contribution in [0.3, 0.4) is 0 Å². The van der Waals surface area contributed by atoms with E-state index in [1.807, 2.05) is 24.3 Å². The van der Waals surface area contributed by atoms with Crippen molar-refractivity contribution in [2.24, 2.45) is 0 Å². The quantitative estimate of drug-likeness (QED) is 0.413. The smallest absolute Gasteiger partial charge is 0.259 e. The number of fused-ring (bicyclic) bond motifs is 4. The van der Waals surface area contributed by atoms with Crippen LogP contribution in [0.2, 0.25) is 0 Å². The molecular weight excluding hydrogens is 466 g/mol. The van der Waals surface area contributed by atoms with Crippen LogP contribution in [0.5, 0.6) is 0 Å². The molecule has 6 rings (SSSR count). The van der Waals surface area contributed by atoms with Crippen LogP contribution in [-0.2, 0) is 36.4 Å². The summed E-state index contributed by atoms with van der Waals surface area (Å²) >= 11 is 3.08. The molecule has 7 nitrogen and oxygen atoms in total. The number of carbonyl (C=O) groups excluding carboxylic acids is 1. The minimum Gasteiger partial charge on any atom is -0.334 e. The third-order valence-corrected chi connectivity index (χ3v) is 8.58. The standard InChI is InChI=1S/C25H25N5O2S2/c31-22(14-33-13-20-28-24(32)23-17-7-4-8-19(17)34-25(23)29-20)26-16-6-3-5-15(11-16)18-12-30-10-2-1-9-21(30)27-18/h3,5-6,11-12H,1-2,4,7-10,13-14H2,(H,26,31)(H,28,29,32). The van der Waals surface area contributed by atoms with Crippen molar-refractivity contribution in [1.82, 2.24) is 19.5 Å². The number of aromatic nitrogens is 4. The van der Waals surface area contributed by atoms with E-state index in [0.29, 0.717) is 11.6 Å². The van der Waals surface area contributed by atoms with Gasteiger partial charge >= 0.3 is 0 Å². The Bertz CT molecular complexity index is 1430. The molecule has 4 aromatic rings. The van der Waals surface area contributed by atoms with E-state index in [-0.39, 0.29) is 17.2 Å². The van der Waals surface area contributed by atoms with Gasteiger partial charge in [-0.05, 0) is 49.8 Å². The molecule has 0 fully saturated rings. The summed E-state index contributed by atoms with van der Waals surface area (Å²) in [4.78, 5) is 39.6. The van der Waals surface area contributed by atoms with E-state index in [0.717, 1.165) is 65.2 Å². The highest BCUT2D eigenvalue weighted by Crippen LogP contribution is 2.34. The number of aromatic amines is 1. The van der Waals surface area contributed by atoms with E-state index in [1.54, 1.807) is 11.3 Å². The van der Waals surface area contributed by atoms with Crippen molar-refractivity contribution < 1.29 is 4.79 Å². The van der Waals surface area contributed by atoms with E-state index < -0.39 is 0 Å².